The Kier molecular flexibility index (Phi) is 56.0. The summed E-state index contributed by atoms with van der Waals surface area (Å²) in [5.74, 6) is -0.884. The minimum Gasteiger partial charge on any atom is -0.756 e. The highest BCUT2D eigenvalue weighted by Crippen LogP contribution is 2.38. The molecule has 0 aliphatic rings. The quantitative estimate of drug-likeness (QED) is 0.0195. The van der Waals surface area contributed by atoms with Gasteiger partial charge in [-0.25, -0.2) is 0 Å². The number of hydrogen-bond acceptors (Lipinski definition) is 8. The second-order valence-electron chi connectivity index (χ2n) is 21.3. The standard InChI is InChI=1S/C70H114NO8P/c1-6-8-10-12-14-16-18-20-22-23-24-25-26-27-28-29-30-31-32-33-34-35-36-37-38-39-40-41-42-43-44-45-46-47-49-51-53-55-57-59-61-63-70(73)79-68(67-78-80(74,75)77-65-64-71(3,4)5)66-76-69(72)62-60-58-56-54-52-50-48-21-19-17-15-13-11-9-7-2/h8,10,14,16,20-22,24-25,27-28,30-31,33-34,36-37,39-40,42-43,45-46,48-49,51,68H,6-7,9,11-13,15,17-19,23,26,29,32,35,38,41,44,47,50,52-67H2,1-5H3/b10-8-,16-14-,22-20-,25-24-,28-27-,31-30-,34-33-,37-36-,40-39-,43-42-,46-45-,48-21-,51-49-. The molecule has 0 aromatic rings. The molecule has 0 rings (SSSR count). The van der Waals surface area contributed by atoms with Crippen molar-refractivity contribution >= 4 is 19.8 Å². The Morgan fingerprint density at radius 2 is 0.713 bits per heavy atom. The van der Waals surface area contributed by atoms with Crippen molar-refractivity contribution in [2.45, 2.75) is 225 Å². The highest BCUT2D eigenvalue weighted by molar-refractivity contribution is 7.45. The third-order valence-electron chi connectivity index (χ3n) is 12.5. The van der Waals surface area contributed by atoms with E-state index in [0.717, 1.165) is 135 Å². The molecule has 2 atom stereocenters. The van der Waals surface area contributed by atoms with Gasteiger partial charge in [-0.05, 0) is 128 Å². The highest BCUT2D eigenvalue weighted by Gasteiger charge is 2.21. The van der Waals surface area contributed by atoms with Crippen LogP contribution in [0.5, 0.6) is 0 Å². The number of carbonyl (C=O) groups is 2. The molecule has 10 heteroatoms. The molecular formula is C70H114NO8P. The molecule has 80 heavy (non-hydrogen) atoms. The maximum absolute atomic E-state index is 12.8. The molecule has 0 saturated carbocycles. The van der Waals surface area contributed by atoms with Gasteiger partial charge in [0.1, 0.15) is 19.8 Å². The van der Waals surface area contributed by atoms with Crippen LogP contribution in [0.3, 0.4) is 0 Å². The average molecular weight is 1130 g/mol. The first-order valence-electron chi connectivity index (χ1n) is 31.2. The number of quaternary nitrogens is 1. The van der Waals surface area contributed by atoms with E-state index < -0.39 is 32.5 Å². The van der Waals surface area contributed by atoms with Crippen LogP contribution in [0.15, 0.2) is 158 Å². The Morgan fingerprint density at radius 1 is 0.400 bits per heavy atom. The molecule has 0 aromatic carbocycles. The molecule has 2 unspecified atom stereocenters. The van der Waals surface area contributed by atoms with Gasteiger partial charge in [-0.3, -0.25) is 14.2 Å². The number of carbonyl (C=O) groups excluding carboxylic acids is 2. The summed E-state index contributed by atoms with van der Waals surface area (Å²) in [7, 11) is 1.12. The minimum absolute atomic E-state index is 0.0454. The number of phosphoric ester groups is 1. The van der Waals surface area contributed by atoms with E-state index in [9.17, 15) is 19.0 Å². The van der Waals surface area contributed by atoms with E-state index in [-0.39, 0.29) is 26.1 Å². The van der Waals surface area contributed by atoms with Gasteiger partial charge < -0.3 is 27.9 Å². The van der Waals surface area contributed by atoms with Gasteiger partial charge in [-0.2, -0.15) is 0 Å². The number of rotatable bonds is 55. The van der Waals surface area contributed by atoms with Crippen LogP contribution in [0.1, 0.15) is 219 Å². The van der Waals surface area contributed by atoms with Gasteiger partial charge in [0.25, 0.3) is 7.82 Å². The van der Waals surface area contributed by atoms with E-state index in [1.807, 2.05) is 21.1 Å². The Balaban J connectivity index is 4.19. The zero-order valence-corrected chi connectivity index (χ0v) is 52.1. The lowest BCUT2D eigenvalue weighted by Crippen LogP contribution is -2.37. The molecule has 0 aliphatic heterocycles. The fourth-order valence-corrected chi connectivity index (χ4v) is 8.48. The third-order valence-corrected chi connectivity index (χ3v) is 13.5. The second-order valence-corrected chi connectivity index (χ2v) is 22.7. The summed E-state index contributed by atoms with van der Waals surface area (Å²) < 4.78 is 34.1. The van der Waals surface area contributed by atoms with E-state index >= 15 is 0 Å². The van der Waals surface area contributed by atoms with Crippen molar-refractivity contribution < 1.29 is 42.1 Å². The van der Waals surface area contributed by atoms with Crippen LogP contribution in [0, 0.1) is 0 Å². The third kappa shape index (κ3) is 62.8. The summed E-state index contributed by atoms with van der Waals surface area (Å²) >= 11 is 0. The van der Waals surface area contributed by atoms with Crippen molar-refractivity contribution in [1.82, 2.24) is 0 Å². The predicted octanol–water partition coefficient (Wildman–Crippen LogP) is 19.4. The lowest BCUT2D eigenvalue weighted by molar-refractivity contribution is -0.870. The number of ether oxygens (including phenoxy) is 2. The lowest BCUT2D eigenvalue weighted by Gasteiger charge is -2.28. The van der Waals surface area contributed by atoms with Crippen LogP contribution < -0.4 is 4.89 Å². The summed E-state index contributed by atoms with van der Waals surface area (Å²) in [6.45, 7) is 4.05. The summed E-state index contributed by atoms with van der Waals surface area (Å²) in [5, 5.41) is 0. The highest BCUT2D eigenvalue weighted by atomic mass is 31.2. The normalized spacial score (nSPS) is 14.3. The van der Waals surface area contributed by atoms with Gasteiger partial charge in [-0.1, -0.05) is 236 Å². The molecule has 0 aromatic heterocycles. The summed E-state index contributed by atoms with van der Waals surface area (Å²) in [6.07, 6.45) is 88.8. The van der Waals surface area contributed by atoms with Gasteiger partial charge in [0.05, 0.1) is 27.7 Å². The topological polar surface area (TPSA) is 111 Å². The Hall–Kier alpha value is -4.37. The fourth-order valence-electron chi connectivity index (χ4n) is 7.75. The van der Waals surface area contributed by atoms with Crippen LogP contribution in [0.2, 0.25) is 0 Å². The van der Waals surface area contributed by atoms with Gasteiger partial charge >= 0.3 is 11.9 Å². The van der Waals surface area contributed by atoms with Crippen molar-refractivity contribution in [1.29, 1.82) is 0 Å². The molecule has 0 fully saturated rings. The fraction of sp³-hybridized carbons (Fsp3) is 0.600. The molecule has 0 aliphatic carbocycles. The number of allylic oxidation sites excluding steroid dienone is 26. The molecule has 0 heterocycles. The summed E-state index contributed by atoms with van der Waals surface area (Å²) in [6, 6.07) is 0. The largest absolute Gasteiger partial charge is 0.756 e. The maximum Gasteiger partial charge on any atom is 0.306 e. The van der Waals surface area contributed by atoms with Gasteiger partial charge in [0, 0.05) is 12.8 Å². The van der Waals surface area contributed by atoms with Crippen molar-refractivity contribution in [3.05, 3.63) is 158 Å². The van der Waals surface area contributed by atoms with Crippen molar-refractivity contribution in [3.63, 3.8) is 0 Å². The van der Waals surface area contributed by atoms with E-state index in [0.29, 0.717) is 23.9 Å². The molecule has 0 N–H and O–H groups in total. The molecule has 9 nitrogen and oxygen atoms in total. The van der Waals surface area contributed by atoms with Crippen LogP contribution in [-0.2, 0) is 32.7 Å². The predicted molar refractivity (Wildman–Crippen MR) is 341 cm³/mol. The molecule has 0 radical (unpaired) electrons. The molecule has 452 valence electrons. The van der Waals surface area contributed by atoms with E-state index in [4.69, 9.17) is 18.5 Å². The van der Waals surface area contributed by atoms with Crippen LogP contribution >= 0.6 is 7.82 Å². The SMILES string of the molecule is CC/C=C\C/C=C\C/C=C\C/C=C\C/C=C\C/C=C\C/C=C\C/C=C\C/C=C\C/C=C\C/C=C\C/C=C\CCCCCCC(=O)OC(COC(=O)CCCCCCC/C=C\CCCCCCCC)COP(=O)([O-])OCC[N+](C)(C)C. The summed E-state index contributed by atoms with van der Waals surface area (Å²) in [5.41, 5.74) is 0. The monoisotopic (exact) mass is 1130 g/mol. The Bertz CT molecular complexity index is 1900. The Morgan fingerprint density at radius 3 is 1.07 bits per heavy atom. The molecule has 0 bridgehead atoms. The first kappa shape index (κ1) is 75.6. The zero-order valence-electron chi connectivity index (χ0n) is 51.2. The second kappa shape index (κ2) is 59.3. The molecular weight excluding hydrogens is 1010 g/mol. The van der Waals surface area contributed by atoms with Crippen molar-refractivity contribution in [2.75, 3.05) is 47.5 Å². The first-order chi connectivity index (χ1) is 39.0. The van der Waals surface area contributed by atoms with Crippen LogP contribution in [0.4, 0.5) is 0 Å². The van der Waals surface area contributed by atoms with Crippen LogP contribution in [-0.4, -0.2) is 70.0 Å². The van der Waals surface area contributed by atoms with Crippen molar-refractivity contribution in [3.8, 4) is 0 Å². The number of likely N-dealkylation sites (N-methyl/N-ethyl adjacent to an activating group) is 1. The first-order valence-corrected chi connectivity index (χ1v) is 32.7. The number of nitrogens with zero attached hydrogens (tertiary/aromatic N) is 1. The summed E-state index contributed by atoms with van der Waals surface area (Å²) in [4.78, 5) is 37.8. The number of unbranched alkanes of at least 4 members (excludes halogenated alkanes) is 15. The van der Waals surface area contributed by atoms with Gasteiger partial charge in [0.2, 0.25) is 0 Å². The van der Waals surface area contributed by atoms with E-state index in [1.54, 1.807) is 0 Å². The smallest absolute Gasteiger partial charge is 0.306 e. The lowest BCUT2D eigenvalue weighted by atomic mass is 10.1. The molecule has 0 amide bonds. The van der Waals surface area contributed by atoms with Gasteiger partial charge in [-0.15, -0.1) is 0 Å². The number of phosphoric acid groups is 1. The maximum atomic E-state index is 12.8. The molecule has 0 saturated heterocycles. The Labute approximate surface area is 490 Å². The molecule has 0 spiro atoms. The van der Waals surface area contributed by atoms with Crippen molar-refractivity contribution in [2.24, 2.45) is 0 Å². The number of hydrogen-bond donors (Lipinski definition) is 0. The number of esters is 2. The zero-order chi connectivity index (χ0) is 58.4. The van der Waals surface area contributed by atoms with E-state index in [1.165, 1.54) is 44.9 Å². The van der Waals surface area contributed by atoms with Gasteiger partial charge in [0.15, 0.2) is 6.10 Å². The van der Waals surface area contributed by atoms with E-state index in [2.05, 4.69) is 172 Å². The van der Waals surface area contributed by atoms with Crippen LogP contribution in [0.25, 0.3) is 0 Å². The average Bonchev–Trinajstić information content (AvgIpc) is 3.42. The minimum atomic E-state index is -4.65.